The van der Waals surface area contributed by atoms with E-state index in [0.717, 1.165) is 33.8 Å². The topological polar surface area (TPSA) is 34.9 Å². The van der Waals surface area contributed by atoms with Crippen LogP contribution in [0.15, 0.2) is 79.0 Å². The van der Waals surface area contributed by atoms with Crippen LogP contribution in [0.25, 0.3) is 22.6 Å². The average Bonchev–Trinajstić information content (AvgIpc) is 3.01. The van der Waals surface area contributed by atoms with Gasteiger partial charge in [-0.2, -0.15) is 0 Å². The largest absolute Gasteiger partial charge is 0.325 e. The minimum absolute atomic E-state index is 0.0833. The van der Waals surface area contributed by atoms with Crippen molar-refractivity contribution in [3.05, 3.63) is 90.1 Å². The fourth-order valence-electron chi connectivity index (χ4n) is 3.15. The van der Waals surface area contributed by atoms with E-state index in [2.05, 4.69) is 25.1 Å². The Balaban J connectivity index is 1.75. The molecule has 0 saturated carbocycles. The van der Waals surface area contributed by atoms with Gasteiger partial charge in [-0.1, -0.05) is 60.7 Å². The van der Waals surface area contributed by atoms with Crippen molar-refractivity contribution in [2.24, 2.45) is 0 Å². The molecule has 122 valence electrons. The van der Waals surface area contributed by atoms with Crippen LogP contribution in [0, 0.1) is 6.92 Å². The molecule has 0 amide bonds. The highest BCUT2D eigenvalue weighted by atomic mass is 16.1. The number of hydrogen-bond donors (Lipinski definition) is 0. The van der Waals surface area contributed by atoms with Crippen LogP contribution in [0.2, 0.25) is 0 Å². The predicted octanol–water partition coefficient (Wildman–Crippen LogP) is 4.85. The van der Waals surface area contributed by atoms with Gasteiger partial charge in [0.25, 0.3) is 0 Å². The summed E-state index contributed by atoms with van der Waals surface area (Å²) in [6.45, 7) is 2.37. The Hall–Kier alpha value is -3.20. The van der Waals surface area contributed by atoms with Gasteiger partial charge in [0, 0.05) is 22.9 Å². The standard InChI is InChI=1S/C22H18N2O/c1-16-19-13-8-14-24(15-20(25)17-9-4-2-5-10-17)22(19)23-21(16)18-11-6-3-7-12-18/h2-14H,15H2,1H3. The Kier molecular flexibility index (Phi) is 3.90. The fourth-order valence-corrected chi connectivity index (χ4v) is 3.15. The predicted molar refractivity (Wildman–Crippen MR) is 99.8 cm³/mol. The van der Waals surface area contributed by atoms with Gasteiger partial charge in [-0.25, -0.2) is 4.98 Å². The lowest BCUT2D eigenvalue weighted by Crippen LogP contribution is -2.12. The van der Waals surface area contributed by atoms with Gasteiger partial charge in [0.05, 0.1) is 12.2 Å². The molecule has 0 saturated heterocycles. The van der Waals surface area contributed by atoms with Crippen molar-refractivity contribution < 1.29 is 4.79 Å². The van der Waals surface area contributed by atoms with E-state index >= 15 is 0 Å². The van der Waals surface area contributed by atoms with E-state index < -0.39 is 0 Å². The minimum atomic E-state index is 0.0833. The molecule has 0 radical (unpaired) electrons. The maximum atomic E-state index is 12.6. The molecule has 0 aliphatic carbocycles. The van der Waals surface area contributed by atoms with Gasteiger partial charge in [0.15, 0.2) is 5.78 Å². The second kappa shape index (κ2) is 6.36. The van der Waals surface area contributed by atoms with E-state index in [1.807, 2.05) is 65.4 Å². The van der Waals surface area contributed by atoms with Crippen molar-refractivity contribution in [2.75, 3.05) is 0 Å². The Morgan fingerprint density at radius 2 is 1.60 bits per heavy atom. The molecule has 0 unspecified atom stereocenters. The molecule has 3 nitrogen and oxygen atoms in total. The van der Waals surface area contributed by atoms with Crippen molar-refractivity contribution >= 4 is 5.78 Å². The van der Waals surface area contributed by atoms with Crippen molar-refractivity contribution in [3.8, 4) is 22.6 Å². The summed E-state index contributed by atoms with van der Waals surface area (Å²) >= 11 is 0. The van der Waals surface area contributed by atoms with Gasteiger partial charge in [-0.05, 0) is 24.6 Å². The molecule has 4 rings (SSSR count). The number of aromatic nitrogens is 2. The maximum absolute atomic E-state index is 12.6. The van der Waals surface area contributed by atoms with Crippen LogP contribution in [0.5, 0.6) is 0 Å². The number of carbonyl (C=O) groups is 1. The van der Waals surface area contributed by atoms with E-state index in [1.165, 1.54) is 0 Å². The molecule has 2 aliphatic heterocycles. The van der Waals surface area contributed by atoms with Gasteiger partial charge >= 0.3 is 0 Å². The number of fused-ring (bicyclic) bond motifs is 1. The van der Waals surface area contributed by atoms with Crippen LogP contribution < -0.4 is 0 Å². The van der Waals surface area contributed by atoms with E-state index in [-0.39, 0.29) is 12.3 Å². The van der Waals surface area contributed by atoms with Crippen LogP contribution >= 0.6 is 0 Å². The molecule has 0 spiro atoms. The molecule has 0 aromatic heterocycles. The zero-order valence-electron chi connectivity index (χ0n) is 14.0. The van der Waals surface area contributed by atoms with Gasteiger partial charge in [-0.3, -0.25) is 4.79 Å². The first kappa shape index (κ1) is 15.3. The Morgan fingerprint density at radius 3 is 2.32 bits per heavy atom. The van der Waals surface area contributed by atoms with Gasteiger partial charge in [0.1, 0.15) is 5.82 Å². The lowest BCUT2D eigenvalue weighted by molar-refractivity contribution is 0.0972. The first-order valence-electron chi connectivity index (χ1n) is 8.33. The highest BCUT2D eigenvalue weighted by Gasteiger charge is 2.19. The molecule has 0 bridgehead atoms. The third kappa shape index (κ3) is 2.85. The van der Waals surface area contributed by atoms with Crippen molar-refractivity contribution in [3.63, 3.8) is 0 Å². The number of benzene rings is 2. The van der Waals surface area contributed by atoms with E-state index in [9.17, 15) is 4.79 Å². The SMILES string of the molecule is Cc1c2cccn(CC(=O)c3ccccc3)c-2nc1-c1ccccc1. The molecule has 2 heterocycles. The summed E-state index contributed by atoms with van der Waals surface area (Å²) in [4.78, 5) is 17.4. The number of pyridine rings is 1. The summed E-state index contributed by atoms with van der Waals surface area (Å²) in [5.41, 5.74) is 5.02. The number of hydrogen-bond acceptors (Lipinski definition) is 2. The smallest absolute Gasteiger partial charge is 0.182 e. The third-order valence-electron chi connectivity index (χ3n) is 4.48. The molecule has 2 aromatic carbocycles. The molecule has 0 fully saturated rings. The number of rotatable bonds is 4. The quantitative estimate of drug-likeness (QED) is 0.503. The number of ketones is 1. The van der Waals surface area contributed by atoms with Crippen LogP contribution in [0.3, 0.4) is 0 Å². The number of nitrogens with zero attached hydrogens (tertiary/aromatic N) is 2. The zero-order chi connectivity index (χ0) is 17.2. The number of Topliss-reactive ketones (excluding diaryl/α,β-unsaturated/α-hetero) is 1. The van der Waals surface area contributed by atoms with Crippen molar-refractivity contribution in [2.45, 2.75) is 13.5 Å². The molecule has 0 atom stereocenters. The fraction of sp³-hybridized carbons (Fsp3) is 0.0909. The molecule has 3 heteroatoms. The van der Waals surface area contributed by atoms with Crippen LogP contribution in [-0.4, -0.2) is 15.3 Å². The monoisotopic (exact) mass is 326 g/mol. The molecule has 25 heavy (non-hydrogen) atoms. The van der Waals surface area contributed by atoms with Gasteiger partial charge < -0.3 is 4.57 Å². The summed E-state index contributed by atoms with van der Waals surface area (Å²) in [5.74, 6) is 0.933. The van der Waals surface area contributed by atoms with E-state index in [1.54, 1.807) is 0 Å². The minimum Gasteiger partial charge on any atom is -0.325 e. The van der Waals surface area contributed by atoms with Crippen LogP contribution in [-0.2, 0) is 6.54 Å². The normalized spacial score (nSPS) is 10.9. The van der Waals surface area contributed by atoms with Gasteiger partial charge in [-0.15, -0.1) is 0 Å². The first-order valence-corrected chi connectivity index (χ1v) is 8.33. The third-order valence-corrected chi connectivity index (χ3v) is 4.48. The Morgan fingerprint density at radius 1 is 0.920 bits per heavy atom. The highest BCUT2D eigenvalue weighted by Crippen LogP contribution is 2.33. The molecular formula is C22H18N2O. The summed E-state index contributed by atoms with van der Waals surface area (Å²) in [7, 11) is 0. The summed E-state index contributed by atoms with van der Waals surface area (Å²) < 4.78 is 1.93. The second-order valence-corrected chi connectivity index (χ2v) is 6.11. The van der Waals surface area contributed by atoms with E-state index in [0.29, 0.717) is 0 Å². The first-order chi connectivity index (χ1) is 12.2. The summed E-state index contributed by atoms with van der Waals surface area (Å²) in [6, 6.07) is 23.6. The molecule has 2 aromatic rings. The van der Waals surface area contributed by atoms with Gasteiger partial charge in [0.2, 0.25) is 0 Å². The zero-order valence-corrected chi connectivity index (χ0v) is 14.0. The molecule has 0 N–H and O–H groups in total. The summed E-state index contributed by atoms with van der Waals surface area (Å²) in [5, 5.41) is 0. The molecule has 2 aliphatic rings. The van der Waals surface area contributed by atoms with E-state index in [4.69, 9.17) is 4.98 Å². The lowest BCUT2D eigenvalue weighted by atomic mass is 10.1. The summed E-state index contributed by atoms with van der Waals surface area (Å²) in [6.07, 6.45) is 1.92. The van der Waals surface area contributed by atoms with Crippen LogP contribution in [0.1, 0.15) is 15.9 Å². The Labute approximate surface area is 146 Å². The van der Waals surface area contributed by atoms with Crippen molar-refractivity contribution in [1.29, 1.82) is 0 Å². The Bertz CT molecular complexity index is 987. The molecular weight excluding hydrogens is 308 g/mol. The number of carbonyl (C=O) groups excluding carboxylic acids is 1. The second-order valence-electron chi connectivity index (χ2n) is 6.11. The van der Waals surface area contributed by atoms with Crippen molar-refractivity contribution in [1.82, 2.24) is 9.55 Å². The lowest BCUT2D eigenvalue weighted by Gasteiger charge is -2.11. The average molecular weight is 326 g/mol. The van der Waals surface area contributed by atoms with Crippen LogP contribution in [0.4, 0.5) is 0 Å². The maximum Gasteiger partial charge on any atom is 0.182 e. The highest BCUT2D eigenvalue weighted by molar-refractivity contribution is 5.96.